The first-order valence-corrected chi connectivity index (χ1v) is 6.04. The predicted molar refractivity (Wildman–Crippen MR) is 74.9 cm³/mol. The summed E-state index contributed by atoms with van der Waals surface area (Å²) in [6, 6.07) is 9.83. The summed E-state index contributed by atoms with van der Waals surface area (Å²) >= 11 is 0. The number of halogens is 1. The SMILES string of the molecule is Cc1ccc(/C(N)=N/O)c(Oc2ccc(C)c(F)c2)c1. The van der Waals surface area contributed by atoms with Crippen LogP contribution in [0.2, 0.25) is 0 Å². The fraction of sp³-hybridized carbons (Fsp3) is 0.133. The molecule has 0 spiro atoms. The van der Waals surface area contributed by atoms with Crippen LogP contribution in [0.5, 0.6) is 11.5 Å². The predicted octanol–water partition coefficient (Wildman–Crippen LogP) is 3.33. The normalized spacial score (nSPS) is 11.4. The smallest absolute Gasteiger partial charge is 0.173 e. The minimum atomic E-state index is -0.347. The maximum atomic E-state index is 13.5. The van der Waals surface area contributed by atoms with Crippen LogP contribution < -0.4 is 10.5 Å². The zero-order valence-corrected chi connectivity index (χ0v) is 11.2. The number of ether oxygens (including phenoxy) is 1. The maximum Gasteiger partial charge on any atom is 0.173 e. The first-order valence-electron chi connectivity index (χ1n) is 6.04. The van der Waals surface area contributed by atoms with E-state index in [0.29, 0.717) is 22.6 Å². The third-order valence-corrected chi connectivity index (χ3v) is 2.89. The second kappa shape index (κ2) is 5.61. The van der Waals surface area contributed by atoms with Crippen molar-refractivity contribution >= 4 is 5.84 Å². The van der Waals surface area contributed by atoms with Crippen molar-refractivity contribution in [1.82, 2.24) is 0 Å². The van der Waals surface area contributed by atoms with Crippen molar-refractivity contribution in [2.45, 2.75) is 13.8 Å². The van der Waals surface area contributed by atoms with Crippen molar-refractivity contribution < 1.29 is 14.3 Å². The zero-order valence-electron chi connectivity index (χ0n) is 11.2. The summed E-state index contributed by atoms with van der Waals surface area (Å²) in [5.74, 6) is 0.349. The van der Waals surface area contributed by atoms with Crippen LogP contribution >= 0.6 is 0 Å². The Morgan fingerprint density at radius 3 is 2.60 bits per heavy atom. The standard InChI is InChI=1S/C15H15FN2O2/c1-9-3-6-12(15(17)18-19)14(7-9)20-11-5-4-10(2)13(16)8-11/h3-8,19H,1-2H3,(H2,17,18). The van der Waals surface area contributed by atoms with Gasteiger partial charge in [-0.2, -0.15) is 0 Å². The molecule has 4 nitrogen and oxygen atoms in total. The molecule has 0 aliphatic rings. The molecule has 2 aromatic carbocycles. The fourth-order valence-electron chi connectivity index (χ4n) is 1.74. The van der Waals surface area contributed by atoms with Gasteiger partial charge in [0, 0.05) is 6.07 Å². The lowest BCUT2D eigenvalue weighted by molar-refractivity contribution is 0.318. The van der Waals surface area contributed by atoms with Crippen molar-refractivity contribution in [3.8, 4) is 11.5 Å². The monoisotopic (exact) mass is 274 g/mol. The van der Waals surface area contributed by atoms with Crippen LogP contribution in [-0.2, 0) is 0 Å². The lowest BCUT2D eigenvalue weighted by atomic mass is 10.1. The molecule has 0 saturated carbocycles. The van der Waals surface area contributed by atoms with Crippen LogP contribution in [0.4, 0.5) is 4.39 Å². The highest BCUT2D eigenvalue weighted by molar-refractivity contribution is 5.99. The Hall–Kier alpha value is -2.56. The van der Waals surface area contributed by atoms with Gasteiger partial charge < -0.3 is 15.7 Å². The molecule has 2 aromatic rings. The van der Waals surface area contributed by atoms with Gasteiger partial charge >= 0.3 is 0 Å². The molecule has 2 rings (SSSR count). The molecule has 0 amide bonds. The summed E-state index contributed by atoms with van der Waals surface area (Å²) in [6.07, 6.45) is 0. The second-order valence-corrected chi connectivity index (χ2v) is 4.50. The molecule has 0 aliphatic carbocycles. The quantitative estimate of drug-likeness (QED) is 0.390. The fourth-order valence-corrected chi connectivity index (χ4v) is 1.74. The molecule has 0 saturated heterocycles. The number of oxime groups is 1. The van der Waals surface area contributed by atoms with E-state index in [9.17, 15) is 4.39 Å². The Labute approximate surface area is 116 Å². The van der Waals surface area contributed by atoms with E-state index in [1.165, 1.54) is 6.07 Å². The Bertz CT molecular complexity index is 669. The van der Waals surface area contributed by atoms with Gasteiger partial charge in [-0.15, -0.1) is 0 Å². The van der Waals surface area contributed by atoms with Gasteiger partial charge in [0.2, 0.25) is 0 Å². The number of nitrogens with zero attached hydrogens (tertiary/aromatic N) is 1. The third kappa shape index (κ3) is 2.88. The first-order chi connectivity index (χ1) is 9.51. The molecule has 0 radical (unpaired) electrons. The van der Waals surface area contributed by atoms with Gasteiger partial charge in [-0.25, -0.2) is 4.39 Å². The average molecular weight is 274 g/mol. The molecule has 5 heteroatoms. The van der Waals surface area contributed by atoms with Crippen molar-refractivity contribution in [3.05, 3.63) is 58.9 Å². The Kier molecular flexibility index (Phi) is 3.89. The van der Waals surface area contributed by atoms with Gasteiger partial charge in [-0.3, -0.25) is 0 Å². The van der Waals surface area contributed by atoms with E-state index in [0.717, 1.165) is 5.56 Å². The highest BCUT2D eigenvalue weighted by atomic mass is 19.1. The first kappa shape index (κ1) is 13.9. The van der Waals surface area contributed by atoms with Gasteiger partial charge in [-0.1, -0.05) is 17.3 Å². The summed E-state index contributed by atoms with van der Waals surface area (Å²) < 4.78 is 19.2. The van der Waals surface area contributed by atoms with Crippen molar-refractivity contribution in [2.75, 3.05) is 0 Å². The number of nitrogens with two attached hydrogens (primary N) is 1. The number of amidine groups is 1. The van der Waals surface area contributed by atoms with Gasteiger partial charge in [0.05, 0.1) is 5.56 Å². The van der Waals surface area contributed by atoms with Gasteiger partial charge in [0.15, 0.2) is 5.84 Å². The minimum absolute atomic E-state index is 0.0624. The molecule has 104 valence electrons. The molecule has 0 aliphatic heterocycles. The van der Waals surface area contributed by atoms with E-state index in [1.807, 2.05) is 13.0 Å². The second-order valence-electron chi connectivity index (χ2n) is 4.50. The number of hydrogen-bond acceptors (Lipinski definition) is 3. The molecule has 0 heterocycles. The summed E-state index contributed by atoms with van der Waals surface area (Å²) in [6.45, 7) is 3.56. The molecule has 0 atom stereocenters. The third-order valence-electron chi connectivity index (χ3n) is 2.89. The molecule has 0 fully saturated rings. The van der Waals surface area contributed by atoms with E-state index < -0.39 is 0 Å². The summed E-state index contributed by atoms with van der Waals surface area (Å²) in [7, 11) is 0. The van der Waals surface area contributed by atoms with Gasteiger partial charge in [0.25, 0.3) is 0 Å². The molecule has 0 bridgehead atoms. The van der Waals surface area contributed by atoms with Gasteiger partial charge in [-0.05, 0) is 43.2 Å². The van der Waals surface area contributed by atoms with E-state index >= 15 is 0 Å². The number of rotatable bonds is 3. The molecule has 3 N–H and O–H groups in total. The summed E-state index contributed by atoms with van der Waals surface area (Å²) in [5.41, 5.74) is 7.53. The summed E-state index contributed by atoms with van der Waals surface area (Å²) in [4.78, 5) is 0. The average Bonchev–Trinajstić information content (AvgIpc) is 2.42. The minimum Gasteiger partial charge on any atom is -0.456 e. The molecule has 0 unspecified atom stereocenters. The topological polar surface area (TPSA) is 67.8 Å². The zero-order chi connectivity index (χ0) is 14.7. The van der Waals surface area contributed by atoms with Crippen molar-refractivity contribution in [1.29, 1.82) is 0 Å². The van der Waals surface area contributed by atoms with E-state index in [1.54, 1.807) is 31.2 Å². The van der Waals surface area contributed by atoms with Gasteiger partial charge in [0.1, 0.15) is 17.3 Å². The Balaban J connectivity index is 2.41. The van der Waals surface area contributed by atoms with E-state index in [4.69, 9.17) is 15.7 Å². The molecular weight excluding hydrogens is 259 g/mol. The Morgan fingerprint density at radius 2 is 1.95 bits per heavy atom. The van der Waals surface area contributed by atoms with Crippen molar-refractivity contribution in [2.24, 2.45) is 10.9 Å². The summed E-state index contributed by atoms with van der Waals surface area (Å²) in [5, 5.41) is 11.7. The van der Waals surface area contributed by atoms with E-state index in [2.05, 4.69) is 5.16 Å². The largest absolute Gasteiger partial charge is 0.456 e. The lowest BCUT2D eigenvalue weighted by Gasteiger charge is -2.11. The molecule has 20 heavy (non-hydrogen) atoms. The van der Waals surface area contributed by atoms with Crippen LogP contribution in [0.25, 0.3) is 0 Å². The molecule has 0 aromatic heterocycles. The highest BCUT2D eigenvalue weighted by Crippen LogP contribution is 2.27. The maximum absolute atomic E-state index is 13.5. The Morgan fingerprint density at radius 1 is 1.20 bits per heavy atom. The number of hydrogen-bond donors (Lipinski definition) is 2. The van der Waals surface area contributed by atoms with Crippen LogP contribution in [0.1, 0.15) is 16.7 Å². The number of benzene rings is 2. The van der Waals surface area contributed by atoms with Crippen LogP contribution in [0.3, 0.4) is 0 Å². The number of aryl methyl sites for hydroxylation is 2. The van der Waals surface area contributed by atoms with E-state index in [-0.39, 0.29) is 11.7 Å². The van der Waals surface area contributed by atoms with Crippen molar-refractivity contribution in [3.63, 3.8) is 0 Å². The molecular formula is C15H15FN2O2. The highest BCUT2D eigenvalue weighted by Gasteiger charge is 2.10. The van der Waals surface area contributed by atoms with Crippen LogP contribution in [0.15, 0.2) is 41.6 Å². The lowest BCUT2D eigenvalue weighted by Crippen LogP contribution is -2.14. The van der Waals surface area contributed by atoms with Crippen LogP contribution in [-0.4, -0.2) is 11.0 Å². The van der Waals surface area contributed by atoms with Crippen LogP contribution in [0, 0.1) is 19.7 Å².